The Bertz CT molecular complexity index is 1440. The summed E-state index contributed by atoms with van der Waals surface area (Å²) in [6.45, 7) is 0. The smallest absolute Gasteiger partial charge is 0.334 e. The molecule has 2 aromatic heterocycles. The van der Waals surface area contributed by atoms with Gasteiger partial charge in [-0.05, 0) is 36.4 Å². The van der Waals surface area contributed by atoms with Gasteiger partial charge in [-0.25, -0.2) is 23.7 Å². The lowest BCUT2D eigenvalue weighted by atomic mass is 10.1. The van der Waals surface area contributed by atoms with E-state index in [2.05, 4.69) is 9.97 Å². The molecule has 0 aliphatic heterocycles. The molecule has 2 aromatic carbocycles. The molecule has 0 fully saturated rings. The SMILES string of the molecule is COc1ccc(-c2nc(C(N)=O)c3c(n2)n(-c2ccc(F)cc2)c(=O)n3C)c(OC)c1OC. The van der Waals surface area contributed by atoms with Gasteiger partial charge in [-0.3, -0.25) is 9.36 Å². The van der Waals surface area contributed by atoms with Gasteiger partial charge in [0.25, 0.3) is 5.91 Å². The number of hydrogen-bond acceptors (Lipinski definition) is 7. The standard InChI is InChI=1S/C22H20FN5O5/c1-27-16-15(19(24)29)25-20(13-9-10-14(31-2)18(33-4)17(13)32-3)26-21(16)28(22(27)30)12-7-5-11(23)6-8-12/h5-10H,1-4H3,(H2,24,29). The van der Waals surface area contributed by atoms with Crippen molar-refractivity contribution >= 4 is 17.1 Å². The third-order valence-corrected chi connectivity index (χ3v) is 5.15. The number of carbonyl (C=O) groups excluding carboxylic acids is 1. The molecule has 4 rings (SSSR count). The molecule has 0 aliphatic rings. The van der Waals surface area contributed by atoms with E-state index in [-0.39, 0.29) is 28.4 Å². The number of aryl methyl sites for hydroxylation is 1. The Morgan fingerprint density at radius 3 is 2.21 bits per heavy atom. The molecular formula is C22H20FN5O5. The van der Waals surface area contributed by atoms with Crippen LogP contribution in [-0.4, -0.2) is 46.3 Å². The van der Waals surface area contributed by atoms with Crippen molar-refractivity contribution in [3.8, 4) is 34.3 Å². The normalized spacial score (nSPS) is 10.9. The predicted molar refractivity (Wildman–Crippen MR) is 118 cm³/mol. The van der Waals surface area contributed by atoms with E-state index >= 15 is 0 Å². The second-order valence-electron chi connectivity index (χ2n) is 6.97. The van der Waals surface area contributed by atoms with Gasteiger partial charge in [-0.1, -0.05) is 0 Å². The van der Waals surface area contributed by atoms with Gasteiger partial charge in [0.1, 0.15) is 11.3 Å². The molecule has 0 bridgehead atoms. The van der Waals surface area contributed by atoms with E-state index in [4.69, 9.17) is 19.9 Å². The minimum atomic E-state index is -0.852. The fourth-order valence-electron chi connectivity index (χ4n) is 3.64. The van der Waals surface area contributed by atoms with Crippen LogP contribution in [0.5, 0.6) is 17.2 Å². The first-order valence-corrected chi connectivity index (χ1v) is 9.66. The van der Waals surface area contributed by atoms with E-state index < -0.39 is 17.4 Å². The number of primary amides is 1. The van der Waals surface area contributed by atoms with Gasteiger partial charge >= 0.3 is 5.69 Å². The third kappa shape index (κ3) is 3.43. The lowest BCUT2D eigenvalue weighted by Gasteiger charge is -2.15. The molecule has 0 radical (unpaired) electrons. The molecule has 170 valence electrons. The van der Waals surface area contributed by atoms with Gasteiger partial charge in [0.2, 0.25) is 5.75 Å². The van der Waals surface area contributed by atoms with Crippen LogP contribution >= 0.6 is 0 Å². The Morgan fingerprint density at radius 2 is 1.64 bits per heavy atom. The summed E-state index contributed by atoms with van der Waals surface area (Å²) in [7, 11) is 5.84. The minimum Gasteiger partial charge on any atom is -0.493 e. The lowest BCUT2D eigenvalue weighted by Crippen LogP contribution is -2.21. The molecule has 0 atom stereocenters. The van der Waals surface area contributed by atoms with Gasteiger partial charge in [0, 0.05) is 7.05 Å². The van der Waals surface area contributed by atoms with Crippen molar-refractivity contribution in [1.82, 2.24) is 19.1 Å². The number of benzene rings is 2. The summed E-state index contributed by atoms with van der Waals surface area (Å²) in [5.41, 5.74) is 5.92. The third-order valence-electron chi connectivity index (χ3n) is 5.15. The number of nitrogens with zero attached hydrogens (tertiary/aromatic N) is 4. The van der Waals surface area contributed by atoms with Crippen molar-refractivity contribution in [1.29, 1.82) is 0 Å². The van der Waals surface area contributed by atoms with Crippen LogP contribution in [0.15, 0.2) is 41.2 Å². The van der Waals surface area contributed by atoms with Gasteiger partial charge in [-0.2, -0.15) is 0 Å². The maximum Gasteiger partial charge on any atom is 0.334 e. The Morgan fingerprint density at radius 1 is 0.970 bits per heavy atom. The topological polar surface area (TPSA) is 123 Å². The fourth-order valence-corrected chi connectivity index (χ4v) is 3.64. The van der Waals surface area contributed by atoms with Crippen molar-refractivity contribution in [2.45, 2.75) is 0 Å². The van der Waals surface area contributed by atoms with Crippen molar-refractivity contribution in [2.24, 2.45) is 12.8 Å². The number of rotatable bonds is 6. The van der Waals surface area contributed by atoms with Crippen molar-refractivity contribution in [3.63, 3.8) is 0 Å². The first kappa shape index (κ1) is 21.8. The highest BCUT2D eigenvalue weighted by molar-refractivity contribution is 6.02. The first-order chi connectivity index (χ1) is 15.8. The number of halogens is 1. The molecule has 2 N–H and O–H groups in total. The van der Waals surface area contributed by atoms with Crippen molar-refractivity contribution in [3.05, 3.63) is 58.4 Å². The van der Waals surface area contributed by atoms with Crippen LogP contribution < -0.4 is 25.6 Å². The number of methoxy groups -OCH3 is 3. The molecule has 1 amide bonds. The Kier molecular flexibility index (Phi) is 5.46. The van der Waals surface area contributed by atoms with E-state index in [1.807, 2.05) is 0 Å². The summed E-state index contributed by atoms with van der Waals surface area (Å²) in [5, 5.41) is 0. The zero-order chi connectivity index (χ0) is 23.9. The van der Waals surface area contributed by atoms with Gasteiger partial charge in [-0.15, -0.1) is 0 Å². The van der Waals surface area contributed by atoms with Crippen LogP contribution in [0, 0.1) is 5.82 Å². The van der Waals surface area contributed by atoms with E-state index in [9.17, 15) is 14.0 Å². The van der Waals surface area contributed by atoms with Crippen LogP contribution in [0.2, 0.25) is 0 Å². The molecule has 4 aromatic rings. The van der Waals surface area contributed by atoms with Crippen LogP contribution in [0.3, 0.4) is 0 Å². The second-order valence-corrected chi connectivity index (χ2v) is 6.97. The summed E-state index contributed by atoms with van der Waals surface area (Å²) >= 11 is 0. The Labute approximate surface area is 187 Å². The van der Waals surface area contributed by atoms with E-state index in [0.717, 1.165) is 0 Å². The zero-order valence-corrected chi connectivity index (χ0v) is 18.2. The molecule has 0 saturated heterocycles. The number of nitrogens with two attached hydrogens (primary N) is 1. The number of ether oxygens (including phenoxy) is 3. The molecule has 0 saturated carbocycles. The maximum absolute atomic E-state index is 13.5. The molecule has 0 unspecified atom stereocenters. The lowest BCUT2D eigenvalue weighted by molar-refractivity contribution is 0.0997. The number of amides is 1. The molecule has 11 heteroatoms. The van der Waals surface area contributed by atoms with Gasteiger partial charge < -0.3 is 19.9 Å². The summed E-state index contributed by atoms with van der Waals surface area (Å²) in [5.74, 6) is -0.276. The van der Waals surface area contributed by atoms with Crippen LogP contribution in [0.4, 0.5) is 4.39 Å². The average molecular weight is 453 g/mol. The number of fused-ring (bicyclic) bond motifs is 1. The molecule has 2 heterocycles. The van der Waals surface area contributed by atoms with Crippen LogP contribution in [0.1, 0.15) is 10.5 Å². The summed E-state index contributed by atoms with van der Waals surface area (Å²) in [6, 6.07) is 8.56. The quantitative estimate of drug-likeness (QED) is 0.474. The predicted octanol–water partition coefficient (Wildman–Crippen LogP) is 2.05. The largest absolute Gasteiger partial charge is 0.493 e. The van der Waals surface area contributed by atoms with Gasteiger partial charge in [0.15, 0.2) is 28.7 Å². The second kappa shape index (κ2) is 8.26. The monoisotopic (exact) mass is 453 g/mol. The average Bonchev–Trinajstić information content (AvgIpc) is 3.07. The Balaban J connectivity index is 2.11. The van der Waals surface area contributed by atoms with Crippen LogP contribution in [-0.2, 0) is 7.05 Å². The maximum atomic E-state index is 13.5. The molecule has 10 nitrogen and oxygen atoms in total. The highest BCUT2D eigenvalue weighted by Crippen LogP contribution is 2.43. The van der Waals surface area contributed by atoms with Crippen LogP contribution in [0.25, 0.3) is 28.2 Å². The molecular weight excluding hydrogens is 433 g/mol. The minimum absolute atomic E-state index is 0.0653. The zero-order valence-electron chi connectivity index (χ0n) is 18.2. The highest BCUT2D eigenvalue weighted by Gasteiger charge is 2.25. The number of hydrogen-bond donors (Lipinski definition) is 1. The molecule has 0 aliphatic carbocycles. The van der Waals surface area contributed by atoms with Gasteiger partial charge in [0.05, 0.1) is 32.6 Å². The summed E-state index contributed by atoms with van der Waals surface area (Å²) in [4.78, 5) is 34.3. The summed E-state index contributed by atoms with van der Waals surface area (Å²) in [6.07, 6.45) is 0. The van der Waals surface area contributed by atoms with E-state index in [1.54, 1.807) is 12.1 Å². The van der Waals surface area contributed by atoms with E-state index in [1.165, 1.54) is 61.8 Å². The first-order valence-electron chi connectivity index (χ1n) is 9.66. The number of imidazole rings is 1. The van der Waals surface area contributed by atoms with Crippen molar-refractivity contribution in [2.75, 3.05) is 21.3 Å². The number of carbonyl (C=O) groups is 1. The molecule has 0 spiro atoms. The number of aromatic nitrogens is 4. The highest BCUT2D eigenvalue weighted by atomic mass is 19.1. The fraction of sp³-hybridized carbons (Fsp3) is 0.182. The Hall–Kier alpha value is -4.41. The van der Waals surface area contributed by atoms with E-state index in [0.29, 0.717) is 22.7 Å². The molecule has 33 heavy (non-hydrogen) atoms. The summed E-state index contributed by atoms with van der Waals surface area (Å²) < 4.78 is 32.2. The van der Waals surface area contributed by atoms with Crippen molar-refractivity contribution < 1.29 is 23.4 Å².